The highest BCUT2D eigenvalue weighted by molar-refractivity contribution is 6.21. The van der Waals surface area contributed by atoms with Gasteiger partial charge in [0.1, 0.15) is 46.7 Å². The first-order chi connectivity index (χ1) is 38.3. The van der Waals surface area contributed by atoms with E-state index in [0.717, 1.165) is 6.07 Å². The Bertz CT molecular complexity index is 4150. The molecule has 0 aliphatic carbocycles. The fourth-order valence-corrected chi connectivity index (χ4v) is 9.52. The predicted molar refractivity (Wildman–Crippen MR) is 284 cm³/mol. The maximum absolute atomic E-state index is 14.8. The van der Waals surface area contributed by atoms with Crippen LogP contribution in [0.3, 0.4) is 0 Å². The second-order valence-corrected chi connectivity index (χ2v) is 20.0. The number of fused-ring (bicyclic) bond motifs is 6. The lowest BCUT2D eigenvalue weighted by molar-refractivity contribution is -0.352. The number of carbonyl (C=O) groups excluding carboxylic acids is 4. The highest BCUT2D eigenvalue weighted by atomic mass is 19.4. The van der Waals surface area contributed by atoms with Gasteiger partial charge in [0.05, 0.1) is 40.0 Å². The minimum atomic E-state index is -6.69. The predicted octanol–water partition coefficient (Wildman–Crippen LogP) is 13.5. The molecule has 81 heavy (non-hydrogen) atoms. The van der Waals surface area contributed by atoms with Crippen LogP contribution in [-0.2, 0) is 6.61 Å². The number of aromatic nitrogens is 2. The van der Waals surface area contributed by atoms with Crippen LogP contribution in [-0.4, -0.2) is 77.8 Å². The second-order valence-electron chi connectivity index (χ2n) is 20.0. The Labute approximate surface area is 452 Å². The summed E-state index contributed by atoms with van der Waals surface area (Å²) in [5.41, 5.74) is 2.53. The molecule has 6 aromatic carbocycles. The van der Waals surface area contributed by atoms with Gasteiger partial charge in [0.2, 0.25) is 0 Å². The number of H-pyrrole nitrogens is 2. The van der Waals surface area contributed by atoms with Crippen LogP contribution >= 0.6 is 0 Å². The summed E-state index contributed by atoms with van der Waals surface area (Å²) in [5.74, 6) is -16.8. The Morgan fingerprint density at radius 3 is 1.68 bits per heavy atom. The van der Waals surface area contributed by atoms with Crippen LogP contribution in [0.25, 0.3) is 88.6 Å². The number of rotatable bonds is 14. The molecular formula is C59H45F9N6O7. The molecule has 4 heterocycles. The number of carbonyl (C=O) groups is 4. The van der Waals surface area contributed by atoms with Gasteiger partial charge in [-0.15, -0.1) is 0 Å². The SMILES string of the molecule is CNC(=O)c1c(-c2ccc(F)cc2)oc2c1cc(-c1ccc(OCc3cc4c([nH]3)c(-c3cccc(C(=O)NC(C)(C)C)c3)cc3c(C(=O)NC)c(-c5ccc(F)cc5)oc34)c(C(=O)NCC(F)(F)C(F)(F)C(F)(F)F)c1)c1[nH]ccc12. The van der Waals surface area contributed by atoms with Gasteiger partial charge in [-0.25, -0.2) is 8.78 Å². The van der Waals surface area contributed by atoms with Gasteiger partial charge in [-0.1, -0.05) is 18.2 Å². The van der Waals surface area contributed by atoms with E-state index in [2.05, 4.69) is 25.9 Å². The molecule has 416 valence electrons. The van der Waals surface area contributed by atoms with E-state index >= 15 is 0 Å². The fourth-order valence-electron chi connectivity index (χ4n) is 9.52. The molecule has 0 aliphatic rings. The number of ether oxygens (including phenoxy) is 1. The average molecular weight is 1120 g/mol. The first-order valence-corrected chi connectivity index (χ1v) is 24.7. The number of nitrogens with one attached hydrogen (secondary N) is 6. The van der Waals surface area contributed by atoms with E-state index in [0.29, 0.717) is 49.4 Å². The Morgan fingerprint density at radius 1 is 0.580 bits per heavy atom. The second kappa shape index (κ2) is 20.3. The summed E-state index contributed by atoms with van der Waals surface area (Å²) < 4.78 is 145. The van der Waals surface area contributed by atoms with Gasteiger partial charge < -0.3 is 44.8 Å². The number of aromatic amines is 2. The van der Waals surface area contributed by atoms with E-state index in [1.54, 1.807) is 42.5 Å². The summed E-state index contributed by atoms with van der Waals surface area (Å²) in [5, 5.41) is 10.9. The summed E-state index contributed by atoms with van der Waals surface area (Å²) in [6.07, 6.45) is -5.16. The zero-order chi connectivity index (χ0) is 58.1. The van der Waals surface area contributed by atoms with Gasteiger partial charge in [0, 0.05) is 75.2 Å². The number of alkyl halides is 7. The van der Waals surface area contributed by atoms with E-state index in [1.807, 2.05) is 20.8 Å². The van der Waals surface area contributed by atoms with Crippen LogP contribution in [0.1, 0.15) is 67.9 Å². The molecule has 0 radical (unpaired) electrons. The molecule has 6 N–H and O–H groups in total. The minimum Gasteiger partial charge on any atom is -0.487 e. The van der Waals surface area contributed by atoms with Crippen molar-refractivity contribution >= 4 is 67.4 Å². The van der Waals surface area contributed by atoms with E-state index in [-0.39, 0.29) is 73.2 Å². The molecule has 0 spiro atoms. The van der Waals surface area contributed by atoms with Crippen molar-refractivity contribution in [3.8, 4) is 50.7 Å². The van der Waals surface area contributed by atoms with Crippen molar-refractivity contribution in [3.05, 3.63) is 161 Å². The number of hydrogen-bond donors (Lipinski definition) is 6. The summed E-state index contributed by atoms with van der Waals surface area (Å²) in [6, 6.07) is 27.2. The molecule has 0 fully saturated rings. The number of amides is 4. The van der Waals surface area contributed by atoms with Crippen molar-refractivity contribution in [1.82, 2.24) is 31.2 Å². The van der Waals surface area contributed by atoms with Crippen molar-refractivity contribution in [2.24, 2.45) is 0 Å². The molecular weight excluding hydrogens is 1080 g/mol. The average Bonchev–Trinajstić information content (AvgIpc) is 4.46. The van der Waals surface area contributed by atoms with Gasteiger partial charge in [0.25, 0.3) is 23.6 Å². The Hall–Kier alpha value is -9.47. The van der Waals surface area contributed by atoms with Crippen molar-refractivity contribution in [3.63, 3.8) is 0 Å². The molecule has 4 aromatic heterocycles. The van der Waals surface area contributed by atoms with Crippen LogP contribution in [0.4, 0.5) is 39.5 Å². The van der Waals surface area contributed by atoms with Crippen LogP contribution in [0.2, 0.25) is 0 Å². The lowest BCUT2D eigenvalue weighted by atomic mass is 9.96. The maximum atomic E-state index is 14.8. The number of hydrogen-bond acceptors (Lipinski definition) is 7. The fraction of sp³-hybridized carbons (Fsp3) is 0.186. The number of benzene rings is 6. The first-order valence-electron chi connectivity index (χ1n) is 24.7. The Kier molecular flexibility index (Phi) is 13.8. The van der Waals surface area contributed by atoms with Gasteiger partial charge in [-0.3, -0.25) is 19.2 Å². The van der Waals surface area contributed by atoms with E-state index in [4.69, 9.17) is 13.6 Å². The minimum absolute atomic E-state index is 0.0257. The van der Waals surface area contributed by atoms with Crippen molar-refractivity contribution in [2.75, 3.05) is 20.6 Å². The molecule has 0 unspecified atom stereocenters. The maximum Gasteiger partial charge on any atom is 0.459 e. The third-order valence-corrected chi connectivity index (χ3v) is 13.4. The van der Waals surface area contributed by atoms with E-state index in [1.165, 1.54) is 92.3 Å². The monoisotopic (exact) mass is 1120 g/mol. The zero-order valence-electron chi connectivity index (χ0n) is 43.2. The van der Waals surface area contributed by atoms with Crippen molar-refractivity contribution in [1.29, 1.82) is 0 Å². The smallest absolute Gasteiger partial charge is 0.459 e. The highest BCUT2D eigenvalue weighted by Gasteiger charge is 2.72. The van der Waals surface area contributed by atoms with Crippen LogP contribution in [0, 0.1) is 11.6 Å². The van der Waals surface area contributed by atoms with Crippen LogP contribution in [0.5, 0.6) is 5.75 Å². The van der Waals surface area contributed by atoms with Gasteiger partial charge in [-0.05, 0) is 129 Å². The summed E-state index contributed by atoms with van der Waals surface area (Å²) in [7, 11) is 2.79. The molecule has 10 aromatic rings. The number of halogens is 9. The lowest BCUT2D eigenvalue weighted by Crippen LogP contribution is -2.56. The molecule has 13 nitrogen and oxygen atoms in total. The normalized spacial score (nSPS) is 12.4. The third kappa shape index (κ3) is 10.1. The molecule has 0 saturated heterocycles. The standard InChI is InChI=1S/C59H45F9N6O7/c1-56(2,3)74-52(75)32-8-6-7-30(21-32)38-25-41-45(55(78)70-5)49(29-11-16-34(61)17-12-29)81-51(41)42-23-35(73-47(38)42)26-79-43-18-13-31(22-39(43)53(76)72-27-57(62,63)58(64,65)59(66,67)68)37-24-40-44(54(77)69-4)48(28-9-14-33(60)15-10-28)80-50(40)36-19-20-71-46(36)37/h6-25,71,73H,26-27H2,1-5H3,(H,69,77)(H,70,78)(H,72,76)(H,74,75). The van der Waals surface area contributed by atoms with Gasteiger partial charge in [0.15, 0.2) is 0 Å². The number of furan rings is 2. The molecule has 10 rings (SSSR count). The quantitative estimate of drug-likeness (QED) is 0.0586. The van der Waals surface area contributed by atoms with Crippen LogP contribution < -0.4 is 26.0 Å². The molecule has 0 saturated carbocycles. The largest absolute Gasteiger partial charge is 0.487 e. The first kappa shape index (κ1) is 54.9. The van der Waals surface area contributed by atoms with Crippen molar-refractivity contribution < 1.29 is 72.3 Å². The van der Waals surface area contributed by atoms with E-state index < -0.39 is 71.6 Å². The zero-order valence-corrected chi connectivity index (χ0v) is 43.2. The van der Waals surface area contributed by atoms with Gasteiger partial charge >= 0.3 is 18.0 Å². The molecule has 0 atom stereocenters. The topological polar surface area (TPSA) is 183 Å². The third-order valence-electron chi connectivity index (χ3n) is 13.4. The summed E-state index contributed by atoms with van der Waals surface area (Å²) >= 11 is 0. The molecule has 0 bridgehead atoms. The summed E-state index contributed by atoms with van der Waals surface area (Å²) in [4.78, 5) is 61.3. The molecule has 4 amide bonds. The van der Waals surface area contributed by atoms with Gasteiger partial charge in [-0.2, -0.15) is 30.7 Å². The van der Waals surface area contributed by atoms with E-state index in [9.17, 15) is 58.7 Å². The van der Waals surface area contributed by atoms with Crippen molar-refractivity contribution in [2.45, 2.75) is 50.9 Å². The molecule has 22 heteroatoms. The highest BCUT2D eigenvalue weighted by Crippen LogP contribution is 2.47. The van der Waals surface area contributed by atoms with Crippen LogP contribution in [0.15, 0.2) is 130 Å². The summed E-state index contributed by atoms with van der Waals surface area (Å²) in [6.45, 7) is 2.50. The Balaban J connectivity index is 1.11. The Morgan fingerprint density at radius 2 is 1.12 bits per heavy atom. The molecule has 0 aliphatic heterocycles. The lowest BCUT2D eigenvalue weighted by Gasteiger charge is -2.28.